The summed E-state index contributed by atoms with van der Waals surface area (Å²) in [6.07, 6.45) is 3.06. The van der Waals surface area contributed by atoms with E-state index in [9.17, 15) is 4.79 Å². The van der Waals surface area contributed by atoms with Crippen LogP contribution in [0.3, 0.4) is 0 Å². The monoisotopic (exact) mass is 209 g/mol. The van der Waals surface area contributed by atoms with Gasteiger partial charge in [-0.05, 0) is 6.42 Å². The molecule has 1 amide bonds. The molecule has 15 heavy (non-hydrogen) atoms. The van der Waals surface area contributed by atoms with Crippen LogP contribution < -0.4 is 16.8 Å². The topological polar surface area (TPSA) is 107 Å². The van der Waals surface area contributed by atoms with E-state index in [2.05, 4.69) is 15.3 Å². The van der Waals surface area contributed by atoms with Gasteiger partial charge in [-0.3, -0.25) is 4.79 Å². The quantitative estimate of drug-likeness (QED) is 0.628. The summed E-state index contributed by atoms with van der Waals surface area (Å²) in [5.41, 5.74) is 11.6. The van der Waals surface area contributed by atoms with Crippen molar-refractivity contribution in [2.75, 3.05) is 17.6 Å². The highest BCUT2D eigenvalue weighted by atomic mass is 16.1. The molecule has 0 atom stereocenters. The van der Waals surface area contributed by atoms with Crippen LogP contribution in [0.25, 0.3) is 0 Å². The normalized spacial score (nSPS) is 9.93. The van der Waals surface area contributed by atoms with Crippen LogP contribution in [0.15, 0.2) is 6.33 Å². The summed E-state index contributed by atoms with van der Waals surface area (Å²) >= 11 is 0. The van der Waals surface area contributed by atoms with Gasteiger partial charge in [0.05, 0.1) is 6.54 Å². The van der Waals surface area contributed by atoms with Gasteiger partial charge in [-0.15, -0.1) is 0 Å². The first-order chi connectivity index (χ1) is 7.15. The Bertz CT molecular complexity index is 352. The number of hydrogen-bond donors (Lipinski definition) is 3. The zero-order valence-electron chi connectivity index (χ0n) is 8.66. The Morgan fingerprint density at radius 1 is 1.53 bits per heavy atom. The summed E-state index contributed by atoms with van der Waals surface area (Å²) < 4.78 is 0. The van der Waals surface area contributed by atoms with E-state index in [1.165, 1.54) is 6.33 Å². The van der Waals surface area contributed by atoms with Gasteiger partial charge in [0.2, 0.25) is 5.91 Å². The van der Waals surface area contributed by atoms with Crippen LogP contribution in [0, 0.1) is 0 Å². The molecule has 1 aromatic rings. The van der Waals surface area contributed by atoms with Crippen LogP contribution in [0.4, 0.5) is 11.6 Å². The Morgan fingerprint density at radius 3 is 2.87 bits per heavy atom. The first-order valence-corrected chi connectivity index (χ1v) is 4.76. The largest absolute Gasteiger partial charge is 0.383 e. The molecular weight excluding hydrogens is 194 g/mol. The Balaban J connectivity index is 2.85. The van der Waals surface area contributed by atoms with E-state index < -0.39 is 5.91 Å². The lowest BCUT2D eigenvalue weighted by molar-refractivity contribution is -0.116. The summed E-state index contributed by atoms with van der Waals surface area (Å²) in [6, 6.07) is 0. The second-order valence-corrected chi connectivity index (χ2v) is 3.16. The van der Waals surface area contributed by atoms with Crippen LogP contribution in [0.2, 0.25) is 0 Å². The summed E-state index contributed by atoms with van der Waals surface area (Å²) in [6.45, 7) is 2.08. The van der Waals surface area contributed by atoms with E-state index in [4.69, 9.17) is 11.5 Å². The lowest BCUT2D eigenvalue weighted by Gasteiger charge is -2.10. The molecule has 0 saturated heterocycles. The second-order valence-electron chi connectivity index (χ2n) is 3.16. The molecule has 6 nitrogen and oxygen atoms in total. The number of aromatic nitrogens is 2. The van der Waals surface area contributed by atoms with Crippen LogP contribution >= 0.6 is 0 Å². The molecule has 0 bridgehead atoms. The highest BCUT2D eigenvalue weighted by Crippen LogP contribution is 2.18. The van der Waals surface area contributed by atoms with Gasteiger partial charge in [-0.1, -0.05) is 13.3 Å². The molecule has 0 unspecified atom stereocenters. The molecule has 0 aliphatic rings. The number of carbonyl (C=O) groups is 1. The minimum atomic E-state index is -0.436. The van der Waals surface area contributed by atoms with E-state index in [-0.39, 0.29) is 6.54 Å². The molecule has 1 aromatic heterocycles. The van der Waals surface area contributed by atoms with Crippen LogP contribution in [-0.4, -0.2) is 22.4 Å². The average molecular weight is 209 g/mol. The van der Waals surface area contributed by atoms with Crippen molar-refractivity contribution in [1.29, 1.82) is 0 Å². The molecule has 1 heterocycles. The molecule has 82 valence electrons. The molecule has 6 heteroatoms. The van der Waals surface area contributed by atoms with Gasteiger partial charge in [0.25, 0.3) is 0 Å². The number of nitrogens with one attached hydrogen (secondary N) is 1. The second kappa shape index (κ2) is 5.14. The van der Waals surface area contributed by atoms with Crippen LogP contribution in [0.1, 0.15) is 18.9 Å². The minimum absolute atomic E-state index is 0.0488. The Kier molecular flexibility index (Phi) is 3.84. The van der Waals surface area contributed by atoms with Crippen molar-refractivity contribution < 1.29 is 4.79 Å². The third-order valence-corrected chi connectivity index (χ3v) is 1.91. The molecule has 1 rings (SSSR count). The van der Waals surface area contributed by atoms with Gasteiger partial charge in [0.1, 0.15) is 18.0 Å². The first kappa shape index (κ1) is 11.2. The maximum absolute atomic E-state index is 10.6. The summed E-state index contributed by atoms with van der Waals surface area (Å²) in [7, 11) is 0. The third kappa shape index (κ3) is 3.08. The van der Waals surface area contributed by atoms with Crippen molar-refractivity contribution in [3.63, 3.8) is 0 Å². The highest BCUT2D eigenvalue weighted by molar-refractivity contribution is 5.79. The number of nitrogens with two attached hydrogens (primary N) is 2. The molecule has 0 radical (unpaired) electrons. The molecule has 0 spiro atoms. The number of amides is 1. The lowest BCUT2D eigenvalue weighted by atomic mass is 10.1. The van der Waals surface area contributed by atoms with Gasteiger partial charge >= 0.3 is 0 Å². The maximum Gasteiger partial charge on any atom is 0.236 e. The SMILES string of the molecule is CCCc1c(N)ncnc1NCC(N)=O. The number of hydrogen-bond acceptors (Lipinski definition) is 5. The van der Waals surface area contributed by atoms with Crippen molar-refractivity contribution in [2.24, 2.45) is 5.73 Å². The number of nitrogen functional groups attached to an aromatic ring is 1. The fraction of sp³-hybridized carbons (Fsp3) is 0.444. The van der Waals surface area contributed by atoms with Crippen molar-refractivity contribution in [3.8, 4) is 0 Å². The van der Waals surface area contributed by atoms with Gasteiger partial charge in [-0.2, -0.15) is 0 Å². The van der Waals surface area contributed by atoms with Crippen molar-refractivity contribution in [3.05, 3.63) is 11.9 Å². The van der Waals surface area contributed by atoms with Gasteiger partial charge < -0.3 is 16.8 Å². The van der Waals surface area contributed by atoms with E-state index in [0.29, 0.717) is 11.6 Å². The summed E-state index contributed by atoms with van der Waals surface area (Å²) in [5, 5.41) is 2.83. The summed E-state index contributed by atoms with van der Waals surface area (Å²) in [4.78, 5) is 18.5. The predicted molar refractivity (Wildman–Crippen MR) is 58.1 cm³/mol. The Morgan fingerprint density at radius 2 is 2.27 bits per heavy atom. The predicted octanol–water partition coefficient (Wildman–Crippen LogP) is -0.0915. The minimum Gasteiger partial charge on any atom is -0.383 e. The Labute approximate surface area is 88.1 Å². The number of nitrogens with zero attached hydrogens (tertiary/aromatic N) is 2. The van der Waals surface area contributed by atoms with Gasteiger partial charge in [-0.25, -0.2) is 9.97 Å². The molecule has 0 aliphatic carbocycles. The van der Waals surface area contributed by atoms with Crippen LogP contribution in [0.5, 0.6) is 0 Å². The zero-order valence-corrected chi connectivity index (χ0v) is 8.66. The zero-order chi connectivity index (χ0) is 11.3. The van der Waals surface area contributed by atoms with Crippen molar-refractivity contribution >= 4 is 17.5 Å². The molecule has 0 aromatic carbocycles. The fourth-order valence-corrected chi connectivity index (χ4v) is 1.25. The number of carbonyl (C=O) groups excluding carboxylic acids is 1. The molecule has 0 saturated carbocycles. The fourth-order valence-electron chi connectivity index (χ4n) is 1.25. The summed E-state index contributed by atoms with van der Waals surface area (Å²) in [5.74, 6) is 0.594. The van der Waals surface area contributed by atoms with Crippen LogP contribution in [-0.2, 0) is 11.2 Å². The van der Waals surface area contributed by atoms with E-state index in [0.717, 1.165) is 18.4 Å². The van der Waals surface area contributed by atoms with Crippen molar-refractivity contribution in [1.82, 2.24) is 9.97 Å². The first-order valence-electron chi connectivity index (χ1n) is 4.76. The molecule has 0 aliphatic heterocycles. The van der Waals surface area contributed by atoms with E-state index in [1.54, 1.807) is 0 Å². The third-order valence-electron chi connectivity index (χ3n) is 1.91. The number of rotatable bonds is 5. The van der Waals surface area contributed by atoms with Gasteiger partial charge in [0.15, 0.2) is 0 Å². The Hall–Kier alpha value is -1.85. The van der Waals surface area contributed by atoms with E-state index >= 15 is 0 Å². The van der Waals surface area contributed by atoms with Crippen molar-refractivity contribution in [2.45, 2.75) is 19.8 Å². The highest BCUT2D eigenvalue weighted by Gasteiger charge is 2.08. The average Bonchev–Trinajstić information content (AvgIpc) is 2.19. The lowest BCUT2D eigenvalue weighted by Crippen LogP contribution is -2.23. The van der Waals surface area contributed by atoms with E-state index in [1.807, 2.05) is 6.92 Å². The number of anilines is 2. The molecule has 5 N–H and O–H groups in total. The smallest absolute Gasteiger partial charge is 0.236 e. The molecule has 0 fully saturated rings. The standard InChI is InChI=1S/C9H15N5O/c1-2-3-6-8(11)13-5-14-9(6)12-4-7(10)15/h5H,2-4H2,1H3,(H2,10,15)(H3,11,12,13,14). The van der Waals surface area contributed by atoms with Gasteiger partial charge in [0, 0.05) is 5.56 Å². The number of primary amides is 1. The maximum atomic E-state index is 10.6. The molecular formula is C9H15N5O.